The maximum atomic E-state index is 9.98. The third-order valence-corrected chi connectivity index (χ3v) is 3.87. The van der Waals surface area contributed by atoms with Crippen molar-refractivity contribution < 1.29 is 9.84 Å². The first-order valence-corrected chi connectivity index (χ1v) is 8.00. The van der Waals surface area contributed by atoms with Gasteiger partial charge in [0.15, 0.2) is 0 Å². The van der Waals surface area contributed by atoms with Crippen molar-refractivity contribution in [3.05, 3.63) is 57.2 Å². The Labute approximate surface area is 139 Å². The van der Waals surface area contributed by atoms with Gasteiger partial charge in [-0.2, -0.15) is 0 Å². The Hall–Kier alpha value is -1.27. The molecular formula is C17H20INO2. The molecule has 2 aromatic rings. The molecule has 0 heterocycles. The van der Waals surface area contributed by atoms with Crippen molar-refractivity contribution in [2.75, 3.05) is 18.5 Å². The van der Waals surface area contributed by atoms with Gasteiger partial charge in [0.1, 0.15) is 18.5 Å². The number of ether oxygens (including phenoxy) is 1. The standard InChI is InChI=1S/C17H20INO2/c1-12-3-8-17(13(2)9-12)21-11-16(20)10-19-15-6-4-14(18)5-7-15/h3-9,16,19-20H,10-11H2,1-2H3. The lowest BCUT2D eigenvalue weighted by atomic mass is 10.1. The van der Waals surface area contributed by atoms with Gasteiger partial charge in [0.25, 0.3) is 0 Å². The molecule has 0 aliphatic rings. The van der Waals surface area contributed by atoms with Crippen LogP contribution in [-0.2, 0) is 0 Å². The van der Waals surface area contributed by atoms with Crippen molar-refractivity contribution in [3.8, 4) is 5.75 Å². The summed E-state index contributed by atoms with van der Waals surface area (Å²) in [5.41, 5.74) is 3.30. The quantitative estimate of drug-likeness (QED) is 0.730. The molecule has 1 unspecified atom stereocenters. The fourth-order valence-corrected chi connectivity index (χ4v) is 2.37. The Morgan fingerprint density at radius 3 is 2.52 bits per heavy atom. The average molecular weight is 397 g/mol. The van der Waals surface area contributed by atoms with E-state index in [1.807, 2.05) is 43.3 Å². The number of hydrogen-bond acceptors (Lipinski definition) is 3. The van der Waals surface area contributed by atoms with Crippen LogP contribution >= 0.6 is 22.6 Å². The van der Waals surface area contributed by atoms with Crippen LogP contribution < -0.4 is 10.1 Å². The van der Waals surface area contributed by atoms with Gasteiger partial charge in [-0.15, -0.1) is 0 Å². The van der Waals surface area contributed by atoms with Gasteiger partial charge in [-0.1, -0.05) is 17.7 Å². The highest BCUT2D eigenvalue weighted by Gasteiger charge is 2.07. The van der Waals surface area contributed by atoms with Crippen molar-refractivity contribution in [1.29, 1.82) is 0 Å². The Kier molecular flexibility index (Phi) is 5.87. The molecule has 2 rings (SSSR count). The van der Waals surface area contributed by atoms with Crippen LogP contribution in [0.2, 0.25) is 0 Å². The second-order valence-corrected chi connectivity index (χ2v) is 6.37. The Balaban J connectivity index is 1.79. The monoisotopic (exact) mass is 397 g/mol. The first-order valence-electron chi connectivity index (χ1n) is 6.92. The van der Waals surface area contributed by atoms with Crippen molar-refractivity contribution in [1.82, 2.24) is 0 Å². The van der Waals surface area contributed by atoms with Gasteiger partial charge < -0.3 is 15.2 Å². The smallest absolute Gasteiger partial charge is 0.122 e. The Bertz CT molecular complexity index is 584. The predicted molar refractivity (Wildman–Crippen MR) is 95.1 cm³/mol. The van der Waals surface area contributed by atoms with Crippen molar-refractivity contribution >= 4 is 28.3 Å². The molecule has 0 saturated carbocycles. The Morgan fingerprint density at radius 2 is 1.86 bits per heavy atom. The fraction of sp³-hybridized carbons (Fsp3) is 0.294. The molecule has 1 atom stereocenters. The zero-order chi connectivity index (χ0) is 15.2. The third kappa shape index (κ3) is 5.21. The summed E-state index contributed by atoms with van der Waals surface area (Å²) in [6.07, 6.45) is -0.551. The highest BCUT2D eigenvalue weighted by atomic mass is 127. The number of halogens is 1. The lowest BCUT2D eigenvalue weighted by Gasteiger charge is -2.15. The van der Waals surface area contributed by atoms with E-state index < -0.39 is 6.10 Å². The largest absolute Gasteiger partial charge is 0.491 e. The molecule has 0 aliphatic carbocycles. The van der Waals surface area contributed by atoms with Crippen molar-refractivity contribution in [2.24, 2.45) is 0 Å². The molecule has 0 saturated heterocycles. The van der Waals surface area contributed by atoms with Crippen LogP contribution in [0, 0.1) is 17.4 Å². The minimum absolute atomic E-state index is 0.279. The van der Waals surface area contributed by atoms with Gasteiger partial charge in [-0.3, -0.25) is 0 Å². The van der Waals surface area contributed by atoms with E-state index in [9.17, 15) is 5.11 Å². The van der Waals surface area contributed by atoms with E-state index in [4.69, 9.17) is 4.74 Å². The molecule has 0 spiro atoms. The summed E-state index contributed by atoms with van der Waals surface area (Å²) < 4.78 is 6.86. The van der Waals surface area contributed by atoms with Crippen LogP contribution in [0.3, 0.4) is 0 Å². The van der Waals surface area contributed by atoms with E-state index in [1.54, 1.807) is 0 Å². The molecule has 2 aromatic carbocycles. The van der Waals surface area contributed by atoms with Crippen LogP contribution in [0.1, 0.15) is 11.1 Å². The molecule has 0 fully saturated rings. The minimum Gasteiger partial charge on any atom is -0.491 e. The summed E-state index contributed by atoms with van der Waals surface area (Å²) in [6, 6.07) is 14.1. The van der Waals surface area contributed by atoms with Crippen LogP contribution in [0.4, 0.5) is 5.69 Å². The lowest BCUT2D eigenvalue weighted by molar-refractivity contribution is 0.117. The molecule has 0 radical (unpaired) electrons. The minimum atomic E-state index is -0.551. The maximum Gasteiger partial charge on any atom is 0.122 e. The van der Waals surface area contributed by atoms with E-state index in [1.165, 1.54) is 9.13 Å². The number of anilines is 1. The number of aliphatic hydroxyl groups is 1. The Morgan fingerprint density at radius 1 is 1.14 bits per heavy atom. The average Bonchev–Trinajstić information content (AvgIpc) is 2.46. The van der Waals surface area contributed by atoms with Crippen LogP contribution in [-0.4, -0.2) is 24.4 Å². The van der Waals surface area contributed by atoms with Gasteiger partial charge >= 0.3 is 0 Å². The SMILES string of the molecule is Cc1ccc(OCC(O)CNc2ccc(I)cc2)c(C)c1. The fourth-order valence-electron chi connectivity index (χ4n) is 2.01. The molecule has 0 bridgehead atoms. The number of nitrogens with one attached hydrogen (secondary N) is 1. The first kappa shape index (κ1) is 16.1. The molecular weight excluding hydrogens is 377 g/mol. The maximum absolute atomic E-state index is 9.98. The van der Waals surface area contributed by atoms with E-state index in [2.05, 4.69) is 40.9 Å². The van der Waals surface area contributed by atoms with Gasteiger partial charge in [0.2, 0.25) is 0 Å². The number of aliphatic hydroxyl groups excluding tert-OH is 1. The summed E-state index contributed by atoms with van der Waals surface area (Å²) in [5, 5.41) is 13.2. The second kappa shape index (κ2) is 7.66. The van der Waals surface area contributed by atoms with Crippen molar-refractivity contribution in [3.63, 3.8) is 0 Å². The summed E-state index contributed by atoms with van der Waals surface area (Å²) in [7, 11) is 0. The predicted octanol–water partition coefficient (Wildman–Crippen LogP) is 3.76. The molecule has 4 heteroatoms. The molecule has 2 N–H and O–H groups in total. The lowest BCUT2D eigenvalue weighted by Crippen LogP contribution is -2.26. The van der Waals surface area contributed by atoms with Crippen LogP contribution in [0.25, 0.3) is 0 Å². The van der Waals surface area contributed by atoms with Gasteiger partial charge in [-0.05, 0) is 72.3 Å². The molecule has 112 valence electrons. The van der Waals surface area contributed by atoms with E-state index in [0.29, 0.717) is 6.54 Å². The third-order valence-electron chi connectivity index (χ3n) is 3.15. The summed E-state index contributed by atoms with van der Waals surface area (Å²) >= 11 is 2.27. The summed E-state index contributed by atoms with van der Waals surface area (Å²) in [6.45, 7) is 4.81. The summed E-state index contributed by atoms with van der Waals surface area (Å²) in [5.74, 6) is 0.828. The normalized spacial score (nSPS) is 12.0. The van der Waals surface area contributed by atoms with Crippen LogP contribution in [0.5, 0.6) is 5.75 Å². The van der Waals surface area contributed by atoms with E-state index in [-0.39, 0.29) is 6.61 Å². The zero-order valence-electron chi connectivity index (χ0n) is 12.3. The van der Waals surface area contributed by atoms with E-state index in [0.717, 1.165) is 17.0 Å². The number of rotatable bonds is 6. The molecule has 21 heavy (non-hydrogen) atoms. The summed E-state index contributed by atoms with van der Waals surface area (Å²) in [4.78, 5) is 0. The number of aryl methyl sites for hydroxylation is 2. The van der Waals surface area contributed by atoms with Gasteiger partial charge in [-0.25, -0.2) is 0 Å². The topological polar surface area (TPSA) is 41.5 Å². The first-order chi connectivity index (χ1) is 10.0. The van der Waals surface area contributed by atoms with Crippen molar-refractivity contribution in [2.45, 2.75) is 20.0 Å². The van der Waals surface area contributed by atoms with Crippen LogP contribution in [0.15, 0.2) is 42.5 Å². The molecule has 0 aliphatic heterocycles. The van der Waals surface area contributed by atoms with Gasteiger partial charge in [0.05, 0.1) is 0 Å². The number of benzene rings is 2. The molecule has 0 aromatic heterocycles. The second-order valence-electron chi connectivity index (χ2n) is 5.12. The molecule has 0 amide bonds. The highest BCUT2D eigenvalue weighted by Crippen LogP contribution is 2.19. The molecule has 3 nitrogen and oxygen atoms in total. The van der Waals surface area contributed by atoms with E-state index >= 15 is 0 Å². The zero-order valence-corrected chi connectivity index (χ0v) is 14.4. The number of hydrogen-bond donors (Lipinski definition) is 2. The highest BCUT2D eigenvalue weighted by molar-refractivity contribution is 14.1. The van der Waals surface area contributed by atoms with Gasteiger partial charge in [0, 0.05) is 15.8 Å².